The van der Waals surface area contributed by atoms with E-state index in [9.17, 15) is 0 Å². The van der Waals surface area contributed by atoms with Crippen LogP contribution in [0.1, 0.15) is 41.6 Å². The Bertz CT molecular complexity index is 1450. The minimum absolute atomic E-state index is 0.510. The van der Waals surface area contributed by atoms with E-state index in [4.69, 9.17) is 14.2 Å². The van der Waals surface area contributed by atoms with Crippen LogP contribution in [-0.4, -0.2) is 37.4 Å². The molecule has 4 heterocycles. The van der Waals surface area contributed by atoms with Gasteiger partial charge in [-0.2, -0.15) is 5.10 Å². The molecule has 156 valence electrons. The number of ether oxygens (including phenoxy) is 1. The summed E-state index contributed by atoms with van der Waals surface area (Å²) in [6.07, 6.45) is 3.96. The minimum atomic E-state index is 0.510. The molecule has 1 fully saturated rings. The second kappa shape index (κ2) is 6.41. The van der Waals surface area contributed by atoms with Gasteiger partial charge < -0.3 is 14.2 Å². The first kappa shape index (κ1) is 18.1. The number of H-pyrrole nitrogens is 2. The van der Waals surface area contributed by atoms with Crippen LogP contribution in [0.3, 0.4) is 0 Å². The molecule has 1 aromatic carbocycles. The lowest BCUT2D eigenvalue weighted by molar-refractivity contribution is 0.393. The van der Waals surface area contributed by atoms with E-state index in [1.807, 2.05) is 20.8 Å². The van der Waals surface area contributed by atoms with Crippen LogP contribution in [0.5, 0.6) is 5.75 Å². The van der Waals surface area contributed by atoms with Crippen molar-refractivity contribution in [3.05, 3.63) is 41.3 Å². The van der Waals surface area contributed by atoms with Crippen molar-refractivity contribution in [2.24, 2.45) is 0 Å². The topological polar surface area (TPSA) is 106 Å². The van der Waals surface area contributed by atoms with Gasteiger partial charge >= 0.3 is 0 Å². The number of methoxy groups -OCH3 is 1. The zero-order chi connectivity index (χ0) is 21.3. The van der Waals surface area contributed by atoms with Crippen LogP contribution < -0.4 is 4.74 Å². The standard InChI is InChI=1S/C23H22N6O2/c1-10-19(21(28-27-10)13-5-6-13)22-20-14-8-17(30-4)15(18-11(2)29-31-12(18)3)7-16(14)26-23(20)25-9-24-22/h7-9,13H,5-6H2,1-4H3,(H,27,28)(H,24,25,26). The Hall–Kier alpha value is -3.68. The maximum absolute atomic E-state index is 5.79. The summed E-state index contributed by atoms with van der Waals surface area (Å²) in [5, 5.41) is 13.9. The summed E-state index contributed by atoms with van der Waals surface area (Å²) < 4.78 is 11.2. The molecule has 1 aliphatic carbocycles. The first-order valence-corrected chi connectivity index (χ1v) is 10.4. The molecule has 31 heavy (non-hydrogen) atoms. The number of hydrogen-bond donors (Lipinski definition) is 2. The zero-order valence-corrected chi connectivity index (χ0v) is 17.8. The molecule has 0 atom stereocenters. The number of aryl methyl sites for hydroxylation is 3. The Kier molecular flexibility index (Phi) is 3.74. The highest BCUT2D eigenvalue weighted by atomic mass is 16.5. The monoisotopic (exact) mass is 414 g/mol. The van der Waals surface area contributed by atoms with Gasteiger partial charge in [0.05, 0.1) is 35.1 Å². The summed E-state index contributed by atoms with van der Waals surface area (Å²) >= 11 is 0. The average molecular weight is 414 g/mol. The van der Waals surface area contributed by atoms with Crippen LogP contribution in [0, 0.1) is 20.8 Å². The highest BCUT2D eigenvalue weighted by Gasteiger charge is 2.31. The molecule has 0 radical (unpaired) electrons. The lowest BCUT2D eigenvalue weighted by atomic mass is 9.99. The predicted octanol–water partition coefficient (Wildman–Crippen LogP) is 4.97. The Labute approximate surface area is 178 Å². The molecule has 5 aromatic rings. The molecule has 1 aliphatic rings. The van der Waals surface area contributed by atoms with Crippen molar-refractivity contribution in [1.29, 1.82) is 0 Å². The van der Waals surface area contributed by atoms with E-state index in [1.54, 1.807) is 13.4 Å². The summed E-state index contributed by atoms with van der Waals surface area (Å²) in [5.74, 6) is 2.02. The van der Waals surface area contributed by atoms with Crippen molar-refractivity contribution in [2.75, 3.05) is 7.11 Å². The van der Waals surface area contributed by atoms with Crippen molar-refractivity contribution in [3.8, 4) is 28.1 Å². The number of benzene rings is 1. The molecule has 0 amide bonds. The van der Waals surface area contributed by atoms with Crippen molar-refractivity contribution >= 4 is 21.9 Å². The van der Waals surface area contributed by atoms with Crippen LogP contribution in [0.2, 0.25) is 0 Å². The summed E-state index contributed by atoms with van der Waals surface area (Å²) in [4.78, 5) is 12.7. The van der Waals surface area contributed by atoms with Gasteiger partial charge in [0, 0.05) is 33.6 Å². The molecular weight excluding hydrogens is 392 g/mol. The van der Waals surface area contributed by atoms with Crippen LogP contribution in [0.4, 0.5) is 0 Å². The third kappa shape index (κ3) is 2.60. The predicted molar refractivity (Wildman–Crippen MR) is 117 cm³/mol. The highest BCUT2D eigenvalue weighted by molar-refractivity contribution is 6.13. The molecule has 6 rings (SSSR count). The van der Waals surface area contributed by atoms with Crippen molar-refractivity contribution in [3.63, 3.8) is 0 Å². The maximum Gasteiger partial charge on any atom is 0.142 e. The Morgan fingerprint density at radius 1 is 1.10 bits per heavy atom. The molecule has 0 spiro atoms. The Morgan fingerprint density at radius 2 is 1.94 bits per heavy atom. The summed E-state index contributed by atoms with van der Waals surface area (Å²) in [6.45, 7) is 5.90. The van der Waals surface area contributed by atoms with Gasteiger partial charge in [-0.1, -0.05) is 5.16 Å². The average Bonchev–Trinajstić information content (AvgIpc) is 3.32. The van der Waals surface area contributed by atoms with Crippen LogP contribution in [0.25, 0.3) is 44.3 Å². The van der Waals surface area contributed by atoms with Crippen LogP contribution >= 0.6 is 0 Å². The van der Waals surface area contributed by atoms with E-state index < -0.39 is 0 Å². The van der Waals surface area contributed by atoms with E-state index in [0.717, 1.165) is 72.9 Å². The SMILES string of the molecule is COc1cc2c(cc1-c1c(C)noc1C)[nH]c1ncnc(-c3c(C4CC4)n[nH]c3C)c12. The van der Waals surface area contributed by atoms with Gasteiger partial charge in [0.25, 0.3) is 0 Å². The molecule has 4 aromatic heterocycles. The summed E-state index contributed by atoms with van der Waals surface area (Å²) in [7, 11) is 1.68. The second-order valence-electron chi connectivity index (χ2n) is 8.25. The molecule has 1 saturated carbocycles. The lowest BCUT2D eigenvalue weighted by Crippen LogP contribution is -1.92. The molecule has 0 aliphatic heterocycles. The van der Waals surface area contributed by atoms with Gasteiger partial charge in [0.15, 0.2) is 0 Å². The largest absolute Gasteiger partial charge is 0.496 e. The van der Waals surface area contributed by atoms with Crippen molar-refractivity contribution in [2.45, 2.75) is 39.5 Å². The molecule has 2 N–H and O–H groups in total. The second-order valence-corrected chi connectivity index (χ2v) is 8.25. The highest BCUT2D eigenvalue weighted by Crippen LogP contribution is 2.46. The number of aromatic nitrogens is 6. The number of hydrogen-bond acceptors (Lipinski definition) is 6. The van der Waals surface area contributed by atoms with Crippen molar-refractivity contribution in [1.82, 2.24) is 30.3 Å². The lowest BCUT2D eigenvalue weighted by Gasteiger charge is -2.09. The first-order chi connectivity index (χ1) is 15.1. The fourth-order valence-electron chi connectivity index (χ4n) is 4.57. The van der Waals surface area contributed by atoms with Gasteiger partial charge in [-0.3, -0.25) is 5.10 Å². The van der Waals surface area contributed by atoms with Gasteiger partial charge in [0.1, 0.15) is 23.5 Å². The van der Waals surface area contributed by atoms with Crippen LogP contribution in [-0.2, 0) is 0 Å². The van der Waals surface area contributed by atoms with E-state index in [0.29, 0.717) is 5.92 Å². The Balaban J connectivity index is 1.66. The van der Waals surface area contributed by atoms with E-state index >= 15 is 0 Å². The fraction of sp³-hybridized carbons (Fsp3) is 0.304. The van der Waals surface area contributed by atoms with E-state index in [-0.39, 0.29) is 0 Å². The molecule has 0 unspecified atom stereocenters. The van der Waals surface area contributed by atoms with Crippen molar-refractivity contribution < 1.29 is 9.26 Å². The summed E-state index contributed by atoms with van der Waals surface area (Å²) in [5.41, 5.74) is 8.58. The number of nitrogens with zero attached hydrogens (tertiary/aromatic N) is 4. The quantitative estimate of drug-likeness (QED) is 0.430. The molecule has 8 nitrogen and oxygen atoms in total. The summed E-state index contributed by atoms with van der Waals surface area (Å²) in [6, 6.07) is 4.13. The fourth-order valence-corrected chi connectivity index (χ4v) is 4.57. The van der Waals surface area contributed by atoms with Gasteiger partial charge in [-0.25, -0.2) is 9.97 Å². The smallest absolute Gasteiger partial charge is 0.142 e. The normalized spacial score (nSPS) is 14.1. The van der Waals surface area contributed by atoms with Gasteiger partial charge in [0.2, 0.25) is 0 Å². The maximum atomic E-state index is 5.79. The molecule has 0 saturated heterocycles. The number of rotatable bonds is 4. The van der Waals surface area contributed by atoms with E-state index in [2.05, 4.69) is 37.5 Å². The number of aromatic amines is 2. The number of nitrogens with one attached hydrogen (secondary N) is 2. The number of fused-ring (bicyclic) bond motifs is 3. The van der Waals surface area contributed by atoms with E-state index in [1.165, 1.54) is 12.8 Å². The first-order valence-electron chi connectivity index (χ1n) is 10.4. The molecule has 8 heteroatoms. The van der Waals surface area contributed by atoms with Crippen LogP contribution in [0.15, 0.2) is 23.0 Å². The third-order valence-electron chi connectivity index (χ3n) is 6.19. The minimum Gasteiger partial charge on any atom is -0.496 e. The van der Waals surface area contributed by atoms with Gasteiger partial charge in [-0.05, 0) is 45.7 Å². The molecular formula is C23H22N6O2. The zero-order valence-electron chi connectivity index (χ0n) is 17.8. The molecule has 0 bridgehead atoms. The third-order valence-corrected chi connectivity index (χ3v) is 6.19. The van der Waals surface area contributed by atoms with Gasteiger partial charge in [-0.15, -0.1) is 0 Å². The Morgan fingerprint density at radius 3 is 2.65 bits per heavy atom.